The molecule has 2 aliphatic carbocycles. The third-order valence-electron chi connectivity index (χ3n) is 6.34. The van der Waals surface area contributed by atoms with Gasteiger partial charge < -0.3 is 10.5 Å². The zero-order valence-corrected chi connectivity index (χ0v) is 12.7. The van der Waals surface area contributed by atoms with Crippen molar-refractivity contribution in [1.29, 1.82) is 0 Å². The second kappa shape index (κ2) is 5.37. The summed E-state index contributed by atoms with van der Waals surface area (Å²) in [4.78, 5) is 0. The van der Waals surface area contributed by atoms with Crippen LogP contribution in [0.5, 0.6) is 0 Å². The van der Waals surface area contributed by atoms with E-state index in [0.29, 0.717) is 6.04 Å². The van der Waals surface area contributed by atoms with Crippen LogP contribution in [0.3, 0.4) is 0 Å². The van der Waals surface area contributed by atoms with Crippen molar-refractivity contribution in [3.8, 4) is 0 Å². The van der Waals surface area contributed by atoms with Crippen LogP contribution in [-0.2, 0) is 4.74 Å². The first-order valence-electron chi connectivity index (χ1n) is 8.49. The van der Waals surface area contributed by atoms with E-state index in [1.807, 2.05) is 0 Å². The van der Waals surface area contributed by atoms with E-state index in [2.05, 4.69) is 13.8 Å². The Hall–Kier alpha value is -0.0800. The molecule has 0 radical (unpaired) electrons. The Bertz CT molecular complexity index is 310. The molecular formula is C17H31NO. The molecular weight excluding hydrogens is 234 g/mol. The molecule has 2 N–H and O–H groups in total. The maximum Gasteiger partial charge on any atom is 0.0685 e. The van der Waals surface area contributed by atoms with Gasteiger partial charge in [0.2, 0.25) is 0 Å². The van der Waals surface area contributed by atoms with Gasteiger partial charge in [-0.1, -0.05) is 13.8 Å². The van der Waals surface area contributed by atoms with Crippen molar-refractivity contribution in [3.05, 3.63) is 0 Å². The van der Waals surface area contributed by atoms with Gasteiger partial charge in [-0.15, -0.1) is 0 Å². The van der Waals surface area contributed by atoms with Crippen LogP contribution >= 0.6 is 0 Å². The van der Waals surface area contributed by atoms with Crippen molar-refractivity contribution in [1.82, 2.24) is 0 Å². The minimum atomic E-state index is 0.285. The third-order valence-corrected chi connectivity index (χ3v) is 6.34. The fraction of sp³-hybridized carbons (Fsp3) is 1.00. The molecule has 4 atom stereocenters. The van der Waals surface area contributed by atoms with E-state index in [1.165, 1.54) is 51.4 Å². The van der Waals surface area contributed by atoms with E-state index in [9.17, 15) is 0 Å². The van der Waals surface area contributed by atoms with E-state index in [-0.39, 0.29) is 5.60 Å². The Morgan fingerprint density at radius 2 is 1.95 bits per heavy atom. The summed E-state index contributed by atoms with van der Waals surface area (Å²) in [5, 5.41) is 0. The fourth-order valence-electron chi connectivity index (χ4n) is 4.76. The SMILES string of the molecule is CC(C)C1CCC(N)C(C2CCOC3(CCC3)C2)C1. The predicted octanol–water partition coefficient (Wildman–Crippen LogP) is 3.74. The fourth-order valence-corrected chi connectivity index (χ4v) is 4.76. The predicted molar refractivity (Wildman–Crippen MR) is 78.9 cm³/mol. The zero-order chi connectivity index (χ0) is 13.5. The Kier molecular flexibility index (Phi) is 3.92. The van der Waals surface area contributed by atoms with Crippen molar-refractivity contribution in [3.63, 3.8) is 0 Å². The molecule has 1 spiro atoms. The van der Waals surface area contributed by atoms with Gasteiger partial charge in [0.15, 0.2) is 0 Å². The monoisotopic (exact) mass is 265 g/mol. The van der Waals surface area contributed by atoms with Crippen molar-refractivity contribution < 1.29 is 4.74 Å². The van der Waals surface area contributed by atoms with Crippen molar-refractivity contribution in [2.75, 3.05) is 6.61 Å². The summed E-state index contributed by atoms with van der Waals surface area (Å²) in [7, 11) is 0. The Balaban J connectivity index is 1.65. The molecule has 1 heterocycles. The first-order valence-corrected chi connectivity index (χ1v) is 8.49. The first-order chi connectivity index (χ1) is 9.10. The topological polar surface area (TPSA) is 35.2 Å². The molecule has 0 aromatic heterocycles. The Labute approximate surface area is 118 Å². The molecule has 4 unspecified atom stereocenters. The summed E-state index contributed by atoms with van der Waals surface area (Å²) in [6.45, 7) is 5.76. The Morgan fingerprint density at radius 3 is 2.58 bits per heavy atom. The maximum atomic E-state index is 6.48. The van der Waals surface area contributed by atoms with E-state index >= 15 is 0 Å². The van der Waals surface area contributed by atoms with Gasteiger partial charge in [-0.25, -0.2) is 0 Å². The molecule has 3 aliphatic rings. The molecule has 1 aliphatic heterocycles. The highest BCUT2D eigenvalue weighted by molar-refractivity contribution is 4.98. The minimum Gasteiger partial charge on any atom is -0.375 e. The van der Waals surface area contributed by atoms with E-state index in [4.69, 9.17) is 10.5 Å². The van der Waals surface area contributed by atoms with Crippen LogP contribution in [0.4, 0.5) is 0 Å². The maximum absolute atomic E-state index is 6.48. The van der Waals surface area contributed by atoms with Crippen molar-refractivity contribution in [2.24, 2.45) is 29.4 Å². The standard InChI is InChI=1S/C17H31NO/c1-12(2)13-4-5-16(18)15(10-13)14-6-9-19-17(11-14)7-3-8-17/h12-16H,3-11,18H2,1-2H3. The number of ether oxygens (including phenoxy) is 1. The van der Waals surface area contributed by atoms with E-state index < -0.39 is 0 Å². The summed E-state index contributed by atoms with van der Waals surface area (Å²) in [5.74, 6) is 3.34. The largest absolute Gasteiger partial charge is 0.375 e. The molecule has 0 bridgehead atoms. The lowest BCUT2D eigenvalue weighted by Crippen LogP contribution is -2.50. The highest BCUT2D eigenvalue weighted by Crippen LogP contribution is 2.49. The third kappa shape index (κ3) is 2.71. The molecule has 19 heavy (non-hydrogen) atoms. The van der Waals surface area contributed by atoms with Gasteiger partial charge in [0.25, 0.3) is 0 Å². The second-order valence-corrected chi connectivity index (χ2v) is 7.78. The Morgan fingerprint density at radius 1 is 1.16 bits per heavy atom. The molecule has 2 heteroatoms. The lowest BCUT2D eigenvalue weighted by Gasteiger charge is -2.51. The van der Waals surface area contributed by atoms with Gasteiger partial charge in [-0.05, 0) is 75.0 Å². The average Bonchev–Trinajstić information content (AvgIpc) is 2.37. The average molecular weight is 265 g/mol. The highest BCUT2D eigenvalue weighted by atomic mass is 16.5. The van der Waals surface area contributed by atoms with E-state index in [1.54, 1.807) is 0 Å². The molecule has 3 rings (SSSR count). The molecule has 0 aromatic rings. The zero-order valence-electron chi connectivity index (χ0n) is 12.7. The molecule has 0 aromatic carbocycles. The quantitative estimate of drug-likeness (QED) is 0.825. The van der Waals surface area contributed by atoms with Crippen LogP contribution in [0.2, 0.25) is 0 Å². The van der Waals surface area contributed by atoms with Crippen LogP contribution in [0.25, 0.3) is 0 Å². The lowest BCUT2D eigenvalue weighted by molar-refractivity contribution is -0.153. The van der Waals surface area contributed by atoms with Crippen molar-refractivity contribution >= 4 is 0 Å². The number of hydrogen-bond donors (Lipinski definition) is 1. The molecule has 0 amide bonds. The molecule has 110 valence electrons. The van der Waals surface area contributed by atoms with Gasteiger partial charge in [0, 0.05) is 12.6 Å². The minimum absolute atomic E-state index is 0.285. The van der Waals surface area contributed by atoms with Gasteiger partial charge in [-0.3, -0.25) is 0 Å². The van der Waals surface area contributed by atoms with Gasteiger partial charge in [0.05, 0.1) is 5.60 Å². The van der Waals surface area contributed by atoms with Crippen LogP contribution in [-0.4, -0.2) is 18.2 Å². The summed E-state index contributed by atoms with van der Waals surface area (Å²) in [6.07, 6.45) is 10.5. The molecule has 2 nitrogen and oxygen atoms in total. The van der Waals surface area contributed by atoms with Crippen LogP contribution in [0.15, 0.2) is 0 Å². The van der Waals surface area contributed by atoms with E-state index in [0.717, 1.165) is 30.3 Å². The number of hydrogen-bond acceptors (Lipinski definition) is 2. The van der Waals surface area contributed by atoms with Crippen molar-refractivity contribution in [2.45, 2.75) is 76.9 Å². The second-order valence-electron chi connectivity index (χ2n) is 7.78. The van der Waals surface area contributed by atoms with Crippen LogP contribution in [0, 0.1) is 23.7 Å². The number of nitrogens with two attached hydrogens (primary N) is 1. The highest BCUT2D eigenvalue weighted by Gasteiger charge is 2.46. The molecule has 3 fully saturated rings. The summed E-state index contributed by atoms with van der Waals surface area (Å²) < 4.78 is 6.09. The number of rotatable bonds is 2. The van der Waals surface area contributed by atoms with Gasteiger partial charge in [-0.2, -0.15) is 0 Å². The lowest BCUT2D eigenvalue weighted by atomic mass is 9.63. The summed E-state index contributed by atoms with van der Waals surface area (Å²) in [5.41, 5.74) is 6.76. The molecule has 1 saturated heterocycles. The van der Waals surface area contributed by atoms with Gasteiger partial charge in [0.1, 0.15) is 0 Å². The summed E-state index contributed by atoms with van der Waals surface area (Å²) >= 11 is 0. The summed E-state index contributed by atoms with van der Waals surface area (Å²) in [6, 6.07) is 0.454. The van der Waals surface area contributed by atoms with Crippen LogP contribution in [0.1, 0.15) is 65.2 Å². The molecule has 2 saturated carbocycles. The smallest absolute Gasteiger partial charge is 0.0685 e. The normalized spacial score (nSPS) is 42.3. The first kappa shape index (κ1) is 13.9. The van der Waals surface area contributed by atoms with Crippen LogP contribution < -0.4 is 5.73 Å². The van der Waals surface area contributed by atoms with Gasteiger partial charge >= 0.3 is 0 Å².